The van der Waals surface area contributed by atoms with Crippen LogP contribution in [0.3, 0.4) is 0 Å². The molecule has 13 heteroatoms. The van der Waals surface area contributed by atoms with Gasteiger partial charge in [0.25, 0.3) is 21.8 Å². The molecule has 4 aromatic rings. The first-order valence-electron chi connectivity index (χ1n) is 13.1. The highest BCUT2D eigenvalue weighted by Crippen LogP contribution is 2.34. The summed E-state index contributed by atoms with van der Waals surface area (Å²) in [4.78, 5) is 25.0. The lowest BCUT2D eigenvalue weighted by atomic mass is 10.2. The third-order valence-electron chi connectivity index (χ3n) is 6.09. The first kappa shape index (κ1) is 32.0. The minimum atomic E-state index is -4.20. The van der Waals surface area contributed by atoms with E-state index in [-0.39, 0.29) is 28.0 Å². The normalized spacial score (nSPS) is 11.2. The summed E-state index contributed by atoms with van der Waals surface area (Å²) in [5.41, 5.74) is 4.33. The first-order valence-corrected chi connectivity index (χ1v) is 14.9. The van der Waals surface area contributed by atoms with Crippen molar-refractivity contribution < 1.29 is 31.9 Å². The molecule has 44 heavy (non-hydrogen) atoms. The predicted octanol–water partition coefficient (Wildman–Crippen LogP) is 5.16. The Morgan fingerprint density at radius 3 is 2.30 bits per heavy atom. The molecule has 0 aliphatic heterocycles. The van der Waals surface area contributed by atoms with Crippen LogP contribution in [0.4, 0.5) is 15.8 Å². The zero-order valence-electron chi connectivity index (χ0n) is 23.7. The van der Waals surface area contributed by atoms with Crippen LogP contribution in [0.1, 0.15) is 11.1 Å². The number of benzene rings is 4. The summed E-state index contributed by atoms with van der Waals surface area (Å²) in [6.07, 6.45) is 1.36. The lowest BCUT2D eigenvalue weighted by Gasteiger charge is -2.25. The summed E-state index contributed by atoms with van der Waals surface area (Å²) < 4.78 is 52.0. The molecular weight excluding hydrogens is 611 g/mol. The fourth-order valence-corrected chi connectivity index (χ4v) is 5.46. The van der Waals surface area contributed by atoms with E-state index in [4.69, 9.17) is 21.1 Å². The number of rotatable bonds is 12. The van der Waals surface area contributed by atoms with Crippen LogP contribution in [-0.4, -0.2) is 46.7 Å². The van der Waals surface area contributed by atoms with Crippen molar-refractivity contribution in [2.45, 2.75) is 11.8 Å². The van der Waals surface area contributed by atoms with Crippen molar-refractivity contribution >= 4 is 51.0 Å². The molecule has 0 atom stereocenters. The van der Waals surface area contributed by atoms with E-state index in [9.17, 15) is 22.4 Å². The van der Waals surface area contributed by atoms with Crippen LogP contribution in [0, 0.1) is 12.7 Å². The number of hydrogen-bond donors (Lipinski definition) is 2. The van der Waals surface area contributed by atoms with Crippen molar-refractivity contribution in [2.75, 3.05) is 29.9 Å². The summed E-state index contributed by atoms with van der Waals surface area (Å²) in [6.45, 7) is 0.952. The maximum Gasteiger partial charge on any atom is 0.264 e. The second-order valence-corrected chi connectivity index (χ2v) is 11.6. The van der Waals surface area contributed by atoms with Gasteiger partial charge >= 0.3 is 0 Å². The molecule has 0 bridgehead atoms. The van der Waals surface area contributed by atoms with Gasteiger partial charge in [-0.3, -0.25) is 13.9 Å². The largest absolute Gasteiger partial charge is 0.495 e. The molecule has 0 aliphatic carbocycles. The fourth-order valence-electron chi connectivity index (χ4n) is 3.87. The van der Waals surface area contributed by atoms with Crippen molar-refractivity contribution in [3.8, 4) is 11.5 Å². The van der Waals surface area contributed by atoms with Crippen LogP contribution in [0.5, 0.6) is 11.5 Å². The van der Waals surface area contributed by atoms with Gasteiger partial charge in [-0.2, -0.15) is 5.10 Å². The predicted molar refractivity (Wildman–Crippen MR) is 166 cm³/mol. The molecule has 0 fully saturated rings. The molecule has 10 nitrogen and oxygen atoms in total. The maximum absolute atomic E-state index is 13.6. The highest BCUT2D eigenvalue weighted by molar-refractivity contribution is 7.92. The molecule has 0 unspecified atom stereocenters. The Hall–Kier alpha value is -4.94. The quantitative estimate of drug-likeness (QED) is 0.163. The number of methoxy groups -OCH3 is 1. The minimum Gasteiger partial charge on any atom is -0.495 e. The molecule has 0 heterocycles. The molecule has 4 aromatic carbocycles. The third-order valence-corrected chi connectivity index (χ3v) is 8.10. The molecule has 228 valence electrons. The highest BCUT2D eigenvalue weighted by Gasteiger charge is 2.29. The third kappa shape index (κ3) is 8.55. The van der Waals surface area contributed by atoms with E-state index in [1.165, 1.54) is 61.9 Å². The van der Waals surface area contributed by atoms with Crippen molar-refractivity contribution in [3.63, 3.8) is 0 Å². The summed E-state index contributed by atoms with van der Waals surface area (Å²) in [5.74, 6) is -0.928. The van der Waals surface area contributed by atoms with Gasteiger partial charge in [0.15, 0.2) is 6.61 Å². The fraction of sp³-hybridized carbons (Fsp3) is 0.129. The van der Waals surface area contributed by atoms with Crippen molar-refractivity contribution in [3.05, 3.63) is 113 Å². The van der Waals surface area contributed by atoms with E-state index >= 15 is 0 Å². The summed E-state index contributed by atoms with van der Waals surface area (Å²) >= 11 is 6.17. The monoisotopic (exact) mass is 638 g/mol. The Bertz CT molecular complexity index is 1750. The zero-order valence-corrected chi connectivity index (χ0v) is 25.2. The van der Waals surface area contributed by atoms with Crippen LogP contribution in [0.25, 0.3) is 0 Å². The number of ether oxygens (including phenoxy) is 2. The number of halogens is 2. The van der Waals surface area contributed by atoms with Crippen LogP contribution in [0.15, 0.2) is 101 Å². The number of nitrogens with one attached hydrogen (secondary N) is 2. The molecule has 0 aliphatic rings. The van der Waals surface area contributed by atoms with Gasteiger partial charge in [-0.05, 0) is 91.3 Å². The second kappa shape index (κ2) is 14.5. The van der Waals surface area contributed by atoms with E-state index in [1.807, 2.05) is 6.92 Å². The molecule has 4 rings (SSSR count). The van der Waals surface area contributed by atoms with E-state index in [2.05, 4.69) is 15.8 Å². The average molecular weight is 639 g/mol. The number of hydrogen-bond acceptors (Lipinski definition) is 7. The topological polar surface area (TPSA) is 126 Å². The second-order valence-electron chi connectivity index (χ2n) is 9.35. The number of hydrazone groups is 1. The van der Waals surface area contributed by atoms with Crippen molar-refractivity contribution in [2.24, 2.45) is 5.10 Å². The van der Waals surface area contributed by atoms with E-state index in [1.54, 1.807) is 42.5 Å². The molecule has 0 radical (unpaired) electrons. The SMILES string of the molecule is COc1ccc(Cl)cc1N(CC(=O)N/N=C\c1ccc(OCC(=O)Nc2ccc(F)cc2)cc1)S(=O)(=O)c1ccc(C)cc1. The lowest BCUT2D eigenvalue weighted by Crippen LogP contribution is -2.39. The number of amides is 2. The van der Waals surface area contributed by atoms with E-state index in [0.717, 1.165) is 9.87 Å². The molecule has 2 amide bonds. The lowest BCUT2D eigenvalue weighted by molar-refractivity contribution is -0.119. The summed E-state index contributed by atoms with van der Waals surface area (Å²) in [7, 11) is -2.82. The number of anilines is 2. The molecule has 0 saturated heterocycles. The first-order chi connectivity index (χ1) is 21.0. The Balaban J connectivity index is 1.39. The summed E-state index contributed by atoms with van der Waals surface area (Å²) in [6, 6.07) is 22.5. The van der Waals surface area contributed by atoms with Gasteiger partial charge in [0.2, 0.25) is 0 Å². The Labute approximate surface area is 259 Å². The smallest absolute Gasteiger partial charge is 0.264 e. The van der Waals surface area contributed by atoms with Crippen molar-refractivity contribution in [1.82, 2.24) is 5.43 Å². The Morgan fingerprint density at radius 2 is 1.64 bits per heavy atom. The number of aryl methyl sites for hydroxylation is 1. The van der Waals surface area contributed by atoms with Gasteiger partial charge in [-0.25, -0.2) is 18.2 Å². The van der Waals surface area contributed by atoms with Crippen molar-refractivity contribution in [1.29, 1.82) is 0 Å². The average Bonchev–Trinajstić information content (AvgIpc) is 3.01. The molecule has 2 N–H and O–H groups in total. The van der Waals surface area contributed by atoms with Gasteiger partial charge < -0.3 is 14.8 Å². The minimum absolute atomic E-state index is 0.0170. The van der Waals surface area contributed by atoms with Gasteiger partial charge in [0.05, 0.1) is 23.9 Å². The van der Waals surface area contributed by atoms with Gasteiger partial charge in [0.1, 0.15) is 23.9 Å². The molecule has 0 aromatic heterocycles. The number of nitrogens with zero attached hydrogens (tertiary/aromatic N) is 2. The van der Waals surface area contributed by atoms with Gasteiger partial charge in [-0.1, -0.05) is 29.3 Å². The van der Waals surface area contributed by atoms with Crippen LogP contribution in [0.2, 0.25) is 5.02 Å². The Morgan fingerprint density at radius 1 is 0.955 bits per heavy atom. The summed E-state index contributed by atoms with van der Waals surface area (Å²) in [5, 5.41) is 6.79. The van der Waals surface area contributed by atoms with Crippen LogP contribution in [-0.2, 0) is 19.6 Å². The van der Waals surface area contributed by atoms with E-state index < -0.39 is 34.2 Å². The standard InChI is InChI=1S/C31H28ClFN4O6S/c1-21-3-14-27(15-4-21)44(40,41)37(28-17-23(32)7-16-29(28)42-2)19-30(38)36-34-18-22-5-12-26(13-6-22)43-20-31(39)35-25-10-8-24(33)9-11-25/h3-18H,19-20H2,1-2H3,(H,35,39)(H,36,38)/b34-18-. The molecular formula is C31H28ClFN4O6S. The molecule has 0 spiro atoms. The number of sulfonamides is 1. The zero-order chi connectivity index (χ0) is 31.7. The Kier molecular flexibility index (Phi) is 10.5. The number of carbonyl (C=O) groups excluding carboxylic acids is 2. The van der Waals surface area contributed by atoms with Gasteiger partial charge in [-0.15, -0.1) is 0 Å². The van der Waals surface area contributed by atoms with Gasteiger partial charge in [0, 0.05) is 10.7 Å². The highest BCUT2D eigenvalue weighted by atomic mass is 35.5. The number of carbonyl (C=O) groups is 2. The van der Waals surface area contributed by atoms with Crippen LogP contribution < -0.4 is 24.5 Å². The van der Waals surface area contributed by atoms with Crippen LogP contribution >= 0.6 is 11.6 Å². The van der Waals surface area contributed by atoms with E-state index in [0.29, 0.717) is 17.0 Å². The molecule has 0 saturated carbocycles. The maximum atomic E-state index is 13.6.